The van der Waals surface area contributed by atoms with Gasteiger partial charge in [0.25, 0.3) is 0 Å². The molecular formula is C21H29N3O2. The summed E-state index contributed by atoms with van der Waals surface area (Å²) in [5, 5.41) is 6.66. The van der Waals surface area contributed by atoms with E-state index in [-0.39, 0.29) is 6.10 Å². The van der Waals surface area contributed by atoms with Gasteiger partial charge in [-0.25, -0.2) is 0 Å². The van der Waals surface area contributed by atoms with Crippen molar-refractivity contribution in [3.63, 3.8) is 0 Å². The lowest BCUT2D eigenvalue weighted by Crippen LogP contribution is -2.38. The van der Waals surface area contributed by atoms with Crippen LogP contribution < -0.4 is 15.4 Å². The number of benzene rings is 2. The van der Waals surface area contributed by atoms with Crippen LogP contribution in [0.15, 0.2) is 59.6 Å². The van der Waals surface area contributed by atoms with Crippen molar-refractivity contribution >= 4 is 5.96 Å². The highest BCUT2D eigenvalue weighted by Crippen LogP contribution is 2.16. The van der Waals surface area contributed by atoms with Crippen LogP contribution in [0.3, 0.4) is 0 Å². The molecule has 5 heteroatoms. The van der Waals surface area contributed by atoms with Gasteiger partial charge in [0.15, 0.2) is 5.96 Å². The van der Waals surface area contributed by atoms with Crippen molar-refractivity contribution in [1.82, 2.24) is 10.6 Å². The summed E-state index contributed by atoms with van der Waals surface area (Å²) in [4.78, 5) is 4.67. The molecule has 0 bridgehead atoms. The molecule has 2 aromatic carbocycles. The summed E-state index contributed by atoms with van der Waals surface area (Å²) < 4.78 is 10.8. The van der Waals surface area contributed by atoms with Crippen LogP contribution in [0.1, 0.15) is 24.2 Å². The van der Waals surface area contributed by atoms with Crippen molar-refractivity contribution < 1.29 is 9.47 Å². The summed E-state index contributed by atoms with van der Waals surface area (Å²) in [7, 11) is 3.40. The van der Waals surface area contributed by atoms with Gasteiger partial charge in [-0.2, -0.15) is 0 Å². The second-order valence-corrected chi connectivity index (χ2v) is 5.88. The lowest BCUT2D eigenvalue weighted by molar-refractivity contribution is 0.111. The molecule has 0 fully saturated rings. The maximum atomic E-state index is 5.59. The van der Waals surface area contributed by atoms with Crippen molar-refractivity contribution in [2.24, 2.45) is 4.99 Å². The molecule has 0 heterocycles. The number of hydrogen-bond acceptors (Lipinski definition) is 3. The molecule has 2 aromatic rings. The fourth-order valence-electron chi connectivity index (χ4n) is 2.62. The number of aliphatic imine (C=N–C) groups is 1. The van der Waals surface area contributed by atoms with Crippen LogP contribution in [0.5, 0.6) is 5.75 Å². The zero-order chi connectivity index (χ0) is 18.6. The fraction of sp³-hybridized carbons (Fsp3) is 0.381. The van der Waals surface area contributed by atoms with Crippen molar-refractivity contribution in [3.8, 4) is 5.75 Å². The molecule has 2 N–H and O–H groups in total. The maximum Gasteiger partial charge on any atom is 0.191 e. The molecule has 0 aromatic heterocycles. The van der Waals surface area contributed by atoms with Gasteiger partial charge in [-0.3, -0.25) is 4.99 Å². The molecule has 0 spiro atoms. The average Bonchev–Trinajstić information content (AvgIpc) is 2.69. The van der Waals surface area contributed by atoms with Crippen LogP contribution in [-0.4, -0.2) is 39.8 Å². The van der Waals surface area contributed by atoms with Crippen LogP contribution in [0, 0.1) is 0 Å². The van der Waals surface area contributed by atoms with E-state index in [0.29, 0.717) is 6.54 Å². The van der Waals surface area contributed by atoms with E-state index < -0.39 is 0 Å². The van der Waals surface area contributed by atoms with E-state index in [1.165, 1.54) is 5.56 Å². The van der Waals surface area contributed by atoms with Crippen LogP contribution in [0.4, 0.5) is 0 Å². The first kappa shape index (κ1) is 19.8. The van der Waals surface area contributed by atoms with Gasteiger partial charge in [-0.05, 0) is 36.6 Å². The molecule has 2 rings (SSSR count). The van der Waals surface area contributed by atoms with Crippen molar-refractivity contribution in [3.05, 3.63) is 65.7 Å². The molecule has 1 unspecified atom stereocenters. The fourth-order valence-corrected chi connectivity index (χ4v) is 2.62. The van der Waals surface area contributed by atoms with E-state index >= 15 is 0 Å². The smallest absolute Gasteiger partial charge is 0.191 e. The lowest BCUT2D eigenvalue weighted by Gasteiger charge is -2.16. The first-order valence-corrected chi connectivity index (χ1v) is 8.99. The van der Waals surface area contributed by atoms with Crippen LogP contribution in [0.25, 0.3) is 0 Å². The zero-order valence-corrected chi connectivity index (χ0v) is 15.9. The standard InChI is InChI=1S/C21H29N3O2/c1-4-22-21(23-15-14-17-10-12-19(25-2)13-11-17)24-16-20(26-3)18-8-6-5-7-9-18/h5-13,20H,4,14-16H2,1-3H3,(H2,22,23,24). The first-order chi connectivity index (χ1) is 12.8. The summed E-state index contributed by atoms with van der Waals surface area (Å²) in [6, 6.07) is 18.3. The van der Waals surface area contributed by atoms with Crippen LogP contribution in [0.2, 0.25) is 0 Å². The molecule has 0 radical (unpaired) electrons. The normalized spacial score (nSPS) is 12.5. The highest BCUT2D eigenvalue weighted by atomic mass is 16.5. The third-order valence-corrected chi connectivity index (χ3v) is 4.08. The Labute approximate surface area is 156 Å². The Kier molecular flexibility index (Phi) is 8.49. The molecule has 0 amide bonds. The lowest BCUT2D eigenvalue weighted by atomic mass is 10.1. The van der Waals surface area contributed by atoms with E-state index in [1.807, 2.05) is 30.3 Å². The number of guanidine groups is 1. The Morgan fingerprint density at radius 1 is 1.00 bits per heavy atom. The number of nitrogens with one attached hydrogen (secondary N) is 2. The minimum atomic E-state index is -0.0479. The minimum Gasteiger partial charge on any atom is -0.497 e. The summed E-state index contributed by atoms with van der Waals surface area (Å²) in [6.45, 7) is 4.25. The van der Waals surface area contributed by atoms with E-state index in [4.69, 9.17) is 9.47 Å². The van der Waals surface area contributed by atoms with Crippen LogP contribution >= 0.6 is 0 Å². The van der Waals surface area contributed by atoms with E-state index in [0.717, 1.165) is 36.8 Å². The summed E-state index contributed by atoms with van der Waals surface area (Å²) in [5.41, 5.74) is 2.39. The van der Waals surface area contributed by atoms with E-state index in [2.05, 4.69) is 46.8 Å². The predicted octanol–water partition coefficient (Wildman–Crippen LogP) is 3.18. The highest BCUT2D eigenvalue weighted by molar-refractivity contribution is 5.79. The number of hydrogen-bond donors (Lipinski definition) is 2. The van der Waals surface area contributed by atoms with Crippen molar-refractivity contribution in [2.75, 3.05) is 33.9 Å². The zero-order valence-electron chi connectivity index (χ0n) is 15.9. The van der Waals surface area contributed by atoms with Gasteiger partial charge in [-0.15, -0.1) is 0 Å². The van der Waals surface area contributed by atoms with Gasteiger partial charge in [0.05, 0.1) is 13.7 Å². The predicted molar refractivity (Wildman–Crippen MR) is 107 cm³/mol. The Hall–Kier alpha value is -2.53. The van der Waals surface area contributed by atoms with E-state index in [9.17, 15) is 0 Å². The van der Waals surface area contributed by atoms with Crippen molar-refractivity contribution in [1.29, 1.82) is 0 Å². The molecule has 26 heavy (non-hydrogen) atoms. The Morgan fingerprint density at radius 2 is 1.73 bits per heavy atom. The van der Waals surface area contributed by atoms with Crippen LogP contribution in [-0.2, 0) is 11.2 Å². The second kappa shape index (κ2) is 11.2. The molecule has 0 saturated carbocycles. The molecule has 0 aliphatic heterocycles. The molecule has 140 valence electrons. The quantitative estimate of drug-likeness (QED) is 0.536. The van der Waals surface area contributed by atoms with Gasteiger partial charge in [0.1, 0.15) is 11.9 Å². The molecule has 0 saturated heterocycles. The summed E-state index contributed by atoms with van der Waals surface area (Å²) >= 11 is 0. The number of ether oxygens (including phenoxy) is 2. The molecule has 0 aliphatic rings. The third kappa shape index (κ3) is 6.41. The highest BCUT2D eigenvalue weighted by Gasteiger charge is 2.09. The topological polar surface area (TPSA) is 54.9 Å². The second-order valence-electron chi connectivity index (χ2n) is 5.88. The monoisotopic (exact) mass is 355 g/mol. The first-order valence-electron chi connectivity index (χ1n) is 8.99. The van der Waals surface area contributed by atoms with Crippen molar-refractivity contribution in [2.45, 2.75) is 19.4 Å². The van der Waals surface area contributed by atoms with Gasteiger partial charge in [-0.1, -0.05) is 42.5 Å². The Balaban J connectivity index is 1.88. The largest absolute Gasteiger partial charge is 0.497 e. The van der Waals surface area contributed by atoms with Gasteiger partial charge in [0, 0.05) is 20.2 Å². The van der Waals surface area contributed by atoms with Gasteiger partial charge >= 0.3 is 0 Å². The summed E-state index contributed by atoms with van der Waals surface area (Å²) in [6.07, 6.45) is 0.870. The van der Waals surface area contributed by atoms with Gasteiger partial charge < -0.3 is 20.1 Å². The third-order valence-electron chi connectivity index (χ3n) is 4.08. The Bertz CT molecular complexity index is 657. The maximum absolute atomic E-state index is 5.59. The molecular weight excluding hydrogens is 326 g/mol. The van der Waals surface area contributed by atoms with Gasteiger partial charge in [0.2, 0.25) is 0 Å². The molecule has 0 aliphatic carbocycles. The molecule has 5 nitrogen and oxygen atoms in total. The summed E-state index contributed by atoms with van der Waals surface area (Å²) in [5.74, 6) is 1.68. The van der Waals surface area contributed by atoms with E-state index in [1.54, 1.807) is 14.2 Å². The number of rotatable bonds is 9. The minimum absolute atomic E-state index is 0.0479. The number of methoxy groups -OCH3 is 2. The SMILES string of the molecule is CCNC(=NCC(OC)c1ccccc1)NCCc1ccc(OC)cc1. The Morgan fingerprint density at radius 3 is 2.35 bits per heavy atom. The molecule has 1 atom stereocenters. The average molecular weight is 355 g/mol. The number of nitrogens with zero attached hydrogens (tertiary/aromatic N) is 1.